The van der Waals surface area contributed by atoms with Crippen molar-refractivity contribution < 1.29 is 9.53 Å². The molecule has 0 aliphatic heterocycles. The first-order valence-electron chi connectivity index (χ1n) is 7.50. The van der Waals surface area contributed by atoms with E-state index in [-0.39, 0.29) is 11.9 Å². The van der Waals surface area contributed by atoms with Crippen LogP contribution in [0.4, 0.5) is 5.95 Å². The van der Waals surface area contributed by atoms with E-state index in [1.54, 1.807) is 19.2 Å². The minimum Gasteiger partial charge on any atom is -0.481 e. The van der Waals surface area contributed by atoms with Crippen molar-refractivity contribution in [3.05, 3.63) is 54.2 Å². The second-order valence-electron chi connectivity index (χ2n) is 5.24. The van der Waals surface area contributed by atoms with Gasteiger partial charge in [0.25, 0.3) is 5.91 Å². The Morgan fingerprint density at radius 2 is 2.00 bits per heavy atom. The average Bonchev–Trinajstić information content (AvgIpc) is 3.06. The minimum atomic E-state index is -0.678. The molecule has 1 unspecified atom stereocenters. The molecular formula is C17H17N5O2. The molecule has 0 aliphatic rings. The predicted octanol–water partition coefficient (Wildman–Crippen LogP) is 2.58. The van der Waals surface area contributed by atoms with E-state index in [4.69, 9.17) is 4.74 Å². The number of carbonyl (C=O) groups excluding carboxylic acids is 1. The quantitative estimate of drug-likeness (QED) is 0.753. The number of anilines is 1. The van der Waals surface area contributed by atoms with E-state index in [0.29, 0.717) is 17.3 Å². The SMILES string of the molecule is Cc1ccccc1OC(C)C(=O)Nc1n[nH]c(-c2ccccn2)n1. The monoisotopic (exact) mass is 323 g/mol. The van der Waals surface area contributed by atoms with E-state index in [1.807, 2.05) is 43.3 Å². The van der Waals surface area contributed by atoms with Gasteiger partial charge in [0, 0.05) is 6.20 Å². The summed E-state index contributed by atoms with van der Waals surface area (Å²) in [7, 11) is 0. The number of H-pyrrole nitrogens is 1. The van der Waals surface area contributed by atoms with Crippen molar-refractivity contribution in [2.45, 2.75) is 20.0 Å². The number of benzene rings is 1. The summed E-state index contributed by atoms with van der Waals surface area (Å²) >= 11 is 0. The Kier molecular flexibility index (Phi) is 4.51. The number of ether oxygens (including phenoxy) is 1. The number of para-hydroxylation sites is 1. The molecule has 3 aromatic rings. The molecule has 2 N–H and O–H groups in total. The number of hydrogen-bond acceptors (Lipinski definition) is 5. The molecule has 0 radical (unpaired) electrons. The molecule has 0 fully saturated rings. The van der Waals surface area contributed by atoms with E-state index >= 15 is 0 Å². The van der Waals surface area contributed by atoms with Crippen molar-refractivity contribution in [3.8, 4) is 17.3 Å². The molecule has 0 saturated carbocycles. The lowest BCUT2D eigenvalue weighted by atomic mass is 10.2. The molecule has 2 aromatic heterocycles. The molecule has 1 aromatic carbocycles. The van der Waals surface area contributed by atoms with Crippen molar-refractivity contribution in [1.29, 1.82) is 0 Å². The van der Waals surface area contributed by atoms with Crippen molar-refractivity contribution >= 4 is 11.9 Å². The van der Waals surface area contributed by atoms with Crippen LogP contribution in [0.15, 0.2) is 48.7 Å². The Labute approximate surface area is 139 Å². The van der Waals surface area contributed by atoms with E-state index in [1.165, 1.54) is 0 Å². The van der Waals surface area contributed by atoms with Crippen LogP contribution in [0.3, 0.4) is 0 Å². The summed E-state index contributed by atoms with van der Waals surface area (Å²) < 4.78 is 5.68. The summed E-state index contributed by atoms with van der Waals surface area (Å²) in [6.45, 7) is 3.60. The zero-order valence-corrected chi connectivity index (χ0v) is 13.4. The number of amides is 1. The summed E-state index contributed by atoms with van der Waals surface area (Å²) in [4.78, 5) is 20.6. The van der Waals surface area contributed by atoms with Crippen molar-refractivity contribution in [2.24, 2.45) is 0 Å². The maximum Gasteiger partial charge on any atom is 0.267 e. The van der Waals surface area contributed by atoms with Gasteiger partial charge in [-0.25, -0.2) is 0 Å². The molecule has 0 saturated heterocycles. The maximum absolute atomic E-state index is 12.2. The normalized spacial score (nSPS) is 11.8. The lowest BCUT2D eigenvalue weighted by Crippen LogP contribution is -2.30. The summed E-state index contributed by atoms with van der Waals surface area (Å²) in [6, 6.07) is 13.0. The van der Waals surface area contributed by atoms with E-state index in [0.717, 1.165) is 5.56 Å². The Bertz CT molecular complexity index is 832. The van der Waals surface area contributed by atoms with Gasteiger partial charge in [-0.2, -0.15) is 4.98 Å². The van der Waals surface area contributed by atoms with Crippen LogP contribution in [-0.4, -0.2) is 32.2 Å². The fourth-order valence-corrected chi connectivity index (χ4v) is 2.08. The number of hydrogen-bond donors (Lipinski definition) is 2. The summed E-state index contributed by atoms with van der Waals surface area (Å²) in [6.07, 6.45) is 0.983. The van der Waals surface area contributed by atoms with Crippen LogP contribution in [0.25, 0.3) is 11.5 Å². The number of pyridine rings is 1. The molecule has 24 heavy (non-hydrogen) atoms. The van der Waals surface area contributed by atoms with Gasteiger partial charge >= 0.3 is 0 Å². The third-order valence-electron chi connectivity index (χ3n) is 3.39. The number of aromatic amines is 1. The maximum atomic E-state index is 12.2. The molecule has 3 rings (SSSR count). The molecular weight excluding hydrogens is 306 g/mol. The molecule has 2 heterocycles. The topological polar surface area (TPSA) is 92.8 Å². The van der Waals surface area contributed by atoms with Crippen LogP contribution in [0, 0.1) is 6.92 Å². The molecule has 0 spiro atoms. The fraction of sp³-hybridized carbons (Fsp3) is 0.176. The zero-order valence-electron chi connectivity index (χ0n) is 13.4. The lowest BCUT2D eigenvalue weighted by molar-refractivity contribution is -0.122. The Morgan fingerprint density at radius 1 is 1.21 bits per heavy atom. The van der Waals surface area contributed by atoms with Gasteiger partial charge in [0.15, 0.2) is 11.9 Å². The van der Waals surface area contributed by atoms with Crippen LogP contribution in [0.5, 0.6) is 5.75 Å². The van der Waals surface area contributed by atoms with Crippen LogP contribution >= 0.6 is 0 Å². The van der Waals surface area contributed by atoms with Crippen LogP contribution < -0.4 is 10.1 Å². The summed E-state index contributed by atoms with van der Waals surface area (Å²) in [5, 5.41) is 9.35. The summed E-state index contributed by atoms with van der Waals surface area (Å²) in [5.74, 6) is 1.01. The Hall–Kier alpha value is -3.22. The van der Waals surface area contributed by atoms with Gasteiger partial charge < -0.3 is 4.74 Å². The van der Waals surface area contributed by atoms with Gasteiger partial charge in [-0.1, -0.05) is 24.3 Å². The predicted molar refractivity (Wildman–Crippen MR) is 89.5 cm³/mol. The fourth-order valence-electron chi connectivity index (χ4n) is 2.08. The van der Waals surface area contributed by atoms with Gasteiger partial charge in [0.2, 0.25) is 5.95 Å². The number of aryl methyl sites for hydroxylation is 1. The molecule has 1 amide bonds. The average molecular weight is 323 g/mol. The first-order chi connectivity index (χ1) is 11.6. The first-order valence-corrected chi connectivity index (χ1v) is 7.50. The van der Waals surface area contributed by atoms with Gasteiger partial charge in [0.05, 0.1) is 0 Å². The van der Waals surface area contributed by atoms with E-state index in [2.05, 4.69) is 25.5 Å². The lowest BCUT2D eigenvalue weighted by Gasteiger charge is -2.14. The first kappa shape index (κ1) is 15.7. The highest BCUT2D eigenvalue weighted by atomic mass is 16.5. The largest absolute Gasteiger partial charge is 0.481 e. The molecule has 0 aliphatic carbocycles. The molecule has 7 nitrogen and oxygen atoms in total. The van der Waals surface area contributed by atoms with Crippen LogP contribution in [-0.2, 0) is 4.79 Å². The highest BCUT2D eigenvalue weighted by Crippen LogP contribution is 2.18. The minimum absolute atomic E-state index is 0.181. The number of rotatable bonds is 5. The second kappa shape index (κ2) is 6.91. The Balaban J connectivity index is 1.65. The molecule has 0 bridgehead atoms. The van der Waals surface area contributed by atoms with Crippen LogP contribution in [0.2, 0.25) is 0 Å². The van der Waals surface area contributed by atoms with E-state index in [9.17, 15) is 4.79 Å². The molecule has 122 valence electrons. The van der Waals surface area contributed by atoms with Crippen molar-refractivity contribution in [3.63, 3.8) is 0 Å². The van der Waals surface area contributed by atoms with Gasteiger partial charge in [-0.3, -0.25) is 20.2 Å². The van der Waals surface area contributed by atoms with Gasteiger partial charge in [-0.05, 0) is 37.6 Å². The van der Waals surface area contributed by atoms with Gasteiger partial charge in [0.1, 0.15) is 11.4 Å². The highest BCUT2D eigenvalue weighted by molar-refractivity contribution is 5.92. The second-order valence-corrected chi connectivity index (χ2v) is 5.24. The molecule has 7 heteroatoms. The molecule has 1 atom stereocenters. The highest BCUT2D eigenvalue weighted by Gasteiger charge is 2.18. The third kappa shape index (κ3) is 3.57. The number of nitrogens with zero attached hydrogens (tertiary/aromatic N) is 3. The van der Waals surface area contributed by atoms with Crippen molar-refractivity contribution in [1.82, 2.24) is 20.2 Å². The number of aromatic nitrogens is 4. The smallest absolute Gasteiger partial charge is 0.267 e. The van der Waals surface area contributed by atoms with Gasteiger partial charge in [-0.15, -0.1) is 5.10 Å². The Morgan fingerprint density at radius 3 is 2.75 bits per heavy atom. The number of carbonyl (C=O) groups is 1. The van der Waals surface area contributed by atoms with Crippen LogP contribution in [0.1, 0.15) is 12.5 Å². The summed E-state index contributed by atoms with van der Waals surface area (Å²) in [5.41, 5.74) is 1.61. The standard InChI is InChI=1S/C17H17N5O2/c1-11-7-3-4-9-14(11)24-12(2)16(23)20-17-19-15(21-22-17)13-8-5-6-10-18-13/h3-10,12H,1-2H3,(H2,19,20,21,22,23). The van der Waals surface area contributed by atoms with Crippen molar-refractivity contribution in [2.75, 3.05) is 5.32 Å². The third-order valence-corrected chi connectivity index (χ3v) is 3.39. The number of nitrogens with one attached hydrogen (secondary N) is 2. The van der Waals surface area contributed by atoms with E-state index < -0.39 is 6.10 Å². The zero-order chi connectivity index (χ0) is 16.9.